The highest BCUT2D eigenvalue weighted by Crippen LogP contribution is 2.42. The number of ketones is 3. The second-order valence-electron chi connectivity index (χ2n) is 23.2. The van der Waals surface area contributed by atoms with Crippen LogP contribution in [0.5, 0.6) is 0 Å². The predicted molar refractivity (Wildman–Crippen MR) is 338 cm³/mol. The van der Waals surface area contributed by atoms with Crippen molar-refractivity contribution >= 4 is 73.8 Å². The maximum atomic E-state index is 14.4. The molecule has 0 radical (unpaired) electrons. The molecule has 2 aliphatic heterocycles. The van der Waals surface area contributed by atoms with E-state index in [1.54, 1.807) is 70.6 Å². The maximum absolute atomic E-state index is 14.4. The Kier molecular flexibility index (Phi) is 24.5. The van der Waals surface area contributed by atoms with Gasteiger partial charge in [0.15, 0.2) is 11.6 Å². The number of sulfone groups is 1. The van der Waals surface area contributed by atoms with E-state index in [2.05, 4.69) is 25.6 Å². The van der Waals surface area contributed by atoms with Crippen molar-refractivity contribution in [3.8, 4) is 11.4 Å². The number of nitrogens with zero attached hydrogens (tertiary/aromatic N) is 8. The number of carbonyl (C=O) groups is 7. The average Bonchev–Trinajstić information content (AvgIpc) is 1.43. The summed E-state index contributed by atoms with van der Waals surface area (Å²) in [6, 6.07) is 15.8. The molecule has 2 aromatic carbocycles. The van der Waals surface area contributed by atoms with E-state index in [0.29, 0.717) is 136 Å². The third-order valence-electron chi connectivity index (χ3n) is 16.1. The number of anilines is 1. The standard InChI is InChI=1S/C66H80N10O15S/c1-6-66(57-34-59-60-55(38-76(59)62(82)56(57)42-89-63(66)83)53(27-29-75(43(2)3)44(4)77)54-19-10-11-20-58(54)71-60)91-65(84)90-39-45-21-23-48(24-22-45)70-61(81)47(16-12-13-28-67)33-52(80)41-88-40-51(79)18-14-31-87-32-30-74-37-49(72-73-74)25-26-50(78)17-9-7-8-15-46-35-68-64(69-36-46)92(5,85)86/h8,10-11,15,19-24,34-37,43,47H,6-7,9,12-14,16-18,25-33,38-42,67H2,1-5H3,(H,70,81)/b15-8-/t47-,66+/m1/s1. The molecule has 0 saturated heterocycles. The third kappa shape index (κ3) is 18.3. The van der Waals surface area contributed by atoms with E-state index in [0.717, 1.165) is 22.8 Å². The van der Waals surface area contributed by atoms with Crippen LogP contribution in [0.15, 0.2) is 89.2 Å². The minimum absolute atomic E-state index is 0.0220. The number of unbranched alkanes of at least 4 members (excludes halogenated alkanes) is 2. The lowest BCUT2D eigenvalue weighted by Gasteiger charge is -2.35. The number of cyclic esters (lactones) is 1. The number of Topliss-reactive ketones (excluding diaryl/α,β-unsaturated/α-hetero) is 3. The molecule has 2 aliphatic rings. The SMILES string of the molecule is CC[C@@]1(OC(=O)OCc2ccc(NC(=O)[C@H](CCCCN)CC(=O)COCC(=O)CCCOCCn3cc(CCC(=O)CCC/C=C\c4cnc(S(C)(=O)=O)nc4)nn3)cc2)C(=O)OCc2c1cc1n(c2=O)Cc2c-1nc1ccccc1c2CCN(C(C)=O)C(C)C. The smallest absolute Gasteiger partial charge is 0.457 e. The first-order valence-corrected chi connectivity index (χ1v) is 32.9. The number of fused-ring (bicyclic) bond motifs is 5. The number of para-hydroxylation sites is 1. The number of hydrogen-bond donors (Lipinski definition) is 2. The first-order valence-electron chi connectivity index (χ1n) is 31.0. The van der Waals surface area contributed by atoms with E-state index in [4.69, 9.17) is 34.4 Å². The second kappa shape index (κ2) is 32.5. The van der Waals surface area contributed by atoms with Gasteiger partial charge < -0.3 is 44.2 Å². The molecular formula is C66H80N10O15S. The Balaban J connectivity index is 0.742. The van der Waals surface area contributed by atoms with Gasteiger partial charge in [-0.1, -0.05) is 61.0 Å². The van der Waals surface area contributed by atoms with Crippen LogP contribution in [-0.2, 0) is 107 Å². The van der Waals surface area contributed by atoms with Crippen LogP contribution < -0.4 is 16.6 Å². The van der Waals surface area contributed by atoms with Gasteiger partial charge in [0.05, 0.1) is 47.9 Å². The van der Waals surface area contributed by atoms with Gasteiger partial charge in [0.25, 0.3) is 5.56 Å². The molecule has 0 spiro atoms. The minimum atomic E-state index is -3.47. The molecule has 0 aliphatic carbocycles. The molecule has 0 saturated carbocycles. The largest absolute Gasteiger partial charge is 0.510 e. The average molecular weight is 1290 g/mol. The number of carbonyl (C=O) groups excluding carboxylic acids is 7. The number of nitrogens with one attached hydrogen (secondary N) is 1. The van der Waals surface area contributed by atoms with Gasteiger partial charge in [-0.25, -0.2) is 37.6 Å². The third-order valence-corrected chi connectivity index (χ3v) is 17.0. The van der Waals surface area contributed by atoms with Gasteiger partial charge in [-0.15, -0.1) is 5.10 Å². The van der Waals surface area contributed by atoms with Crippen LogP contribution in [0.2, 0.25) is 0 Å². The number of amides is 2. The Morgan fingerprint density at radius 2 is 1.64 bits per heavy atom. The van der Waals surface area contributed by atoms with E-state index in [-0.39, 0.29) is 97.8 Å². The van der Waals surface area contributed by atoms with Crippen molar-refractivity contribution in [2.24, 2.45) is 11.7 Å². The zero-order chi connectivity index (χ0) is 66.0. The van der Waals surface area contributed by atoms with Gasteiger partial charge in [0, 0.05) is 110 Å². The summed E-state index contributed by atoms with van der Waals surface area (Å²) in [5.41, 5.74) is 9.41. The fraction of sp³-hybridized carbons (Fsp3) is 0.470. The molecule has 2 atom stereocenters. The van der Waals surface area contributed by atoms with Crippen molar-refractivity contribution in [2.75, 3.05) is 51.1 Å². The number of aryl methyl sites for hydroxylation is 1. The quantitative estimate of drug-likeness (QED) is 0.0224. The number of aromatic nitrogens is 7. The van der Waals surface area contributed by atoms with Crippen LogP contribution in [0.3, 0.4) is 0 Å². The number of allylic oxidation sites excluding steroid dienone is 1. The molecule has 3 N–H and O–H groups in total. The zero-order valence-electron chi connectivity index (χ0n) is 52.7. The molecule has 6 aromatic rings. The van der Waals surface area contributed by atoms with Crippen molar-refractivity contribution < 1.29 is 65.7 Å². The number of ether oxygens (including phenoxy) is 5. The number of esters is 1. The number of benzene rings is 2. The minimum Gasteiger partial charge on any atom is -0.457 e. The molecule has 92 heavy (non-hydrogen) atoms. The Hall–Kier alpha value is -8.72. The fourth-order valence-electron chi connectivity index (χ4n) is 11.2. The van der Waals surface area contributed by atoms with Crippen LogP contribution >= 0.6 is 0 Å². The Labute approximate surface area is 533 Å². The summed E-state index contributed by atoms with van der Waals surface area (Å²) in [7, 11) is -3.47. The summed E-state index contributed by atoms with van der Waals surface area (Å²) in [5.74, 6) is -2.46. The van der Waals surface area contributed by atoms with Gasteiger partial charge in [0.1, 0.15) is 32.2 Å². The highest BCUT2D eigenvalue weighted by molar-refractivity contribution is 7.90. The fourth-order valence-corrected chi connectivity index (χ4v) is 11.7. The second-order valence-corrected chi connectivity index (χ2v) is 25.1. The molecule has 2 amide bonds. The molecule has 25 nitrogen and oxygen atoms in total. The zero-order valence-corrected chi connectivity index (χ0v) is 53.5. The number of rotatable bonds is 36. The van der Waals surface area contributed by atoms with Crippen LogP contribution in [0.4, 0.5) is 10.5 Å². The van der Waals surface area contributed by atoms with Crippen molar-refractivity contribution in [1.29, 1.82) is 0 Å². The van der Waals surface area contributed by atoms with Gasteiger partial charge in [-0.2, -0.15) is 0 Å². The van der Waals surface area contributed by atoms with Crippen molar-refractivity contribution in [3.05, 3.63) is 129 Å². The Morgan fingerprint density at radius 1 is 0.891 bits per heavy atom. The predicted octanol–water partition coefficient (Wildman–Crippen LogP) is 7.14. The number of nitrogens with two attached hydrogens (primary N) is 1. The number of pyridine rings is 2. The van der Waals surface area contributed by atoms with Gasteiger partial charge in [-0.05, 0) is 107 Å². The van der Waals surface area contributed by atoms with Crippen molar-refractivity contribution in [3.63, 3.8) is 0 Å². The van der Waals surface area contributed by atoms with Crippen LogP contribution in [-0.4, -0.2) is 141 Å². The molecule has 26 heteroatoms. The topological polar surface area (TPSA) is 332 Å². The molecule has 0 fully saturated rings. The highest BCUT2D eigenvalue weighted by Gasteiger charge is 2.51. The lowest BCUT2D eigenvalue weighted by Crippen LogP contribution is -2.47. The summed E-state index contributed by atoms with van der Waals surface area (Å²) < 4.78 is 54.4. The monoisotopic (exact) mass is 1280 g/mol. The normalized spacial score (nSPS) is 14.6. The van der Waals surface area contributed by atoms with E-state index in [9.17, 15) is 46.8 Å². The van der Waals surface area contributed by atoms with Crippen LogP contribution in [0.1, 0.15) is 137 Å². The molecule has 0 bridgehead atoms. The molecule has 8 rings (SSSR count). The van der Waals surface area contributed by atoms with Crippen molar-refractivity contribution in [2.45, 2.75) is 154 Å². The molecule has 490 valence electrons. The maximum Gasteiger partial charge on any atom is 0.510 e. The first kappa shape index (κ1) is 69.2. The number of hydrogen-bond acceptors (Lipinski definition) is 21. The first-order chi connectivity index (χ1) is 44.2. The van der Waals surface area contributed by atoms with E-state index in [1.165, 1.54) is 12.4 Å². The van der Waals surface area contributed by atoms with E-state index >= 15 is 0 Å². The summed E-state index contributed by atoms with van der Waals surface area (Å²) in [5, 5.41) is 11.8. The van der Waals surface area contributed by atoms with E-state index < -0.39 is 44.9 Å². The molecule has 6 heterocycles. The summed E-state index contributed by atoms with van der Waals surface area (Å²) in [6.45, 7) is 8.00. The highest BCUT2D eigenvalue weighted by atomic mass is 32.2. The Bertz CT molecular complexity index is 3850. The van der Waals surface area contributed by atoms with Crippen molar-refractivity contribution in [1.82, 2.24) is 39.4 Å². The summed E-state index contributed by atoms with van der Waals surface area (Å²) in [6.07, 6.45) is 13.2. The van der Waals surface area contributed by atoms with Crippen LogP contribution in [0.25, 0.3) is 28.4 Å². The summed E-state index contributed by atoms with van der Waals surface area (Å²) in [4.78, 5) is 121. The molecule has 4 aromatic heterocycles. The van der Waals surface area contributed by atoms with Gasteiger partial charge >= 0.3 is 12.1 Å². The van der Waals surface area contributed by atoms with Gasteiger partial charge in [-0.3, -0.25) is 28.8 Å². The van der Waals surface area contributed by atoms with Gasteiger partial charge in [0.2, 0.25) is 32.4 Å². The molecule has 0 unspecified atom stereocenters. The van der Waals surface area contributed by atoms with Crippen LogP contribution in [0, 0.1) is 5.92 Å². The lowest BCUT2D eigenvalue weighted by atomic mass is 9.85. The molecular weight excluding hydrogens is 1200 g/mol. The lowest BCUT2D eigenvalue weighted by molar-refractivity contribution is -0.175. The summed E-state index contributed by atoms with van der Waals surface area (Å²) >= 11 is 0. The Morgan fingerprint density at radius 3 is 2.37 bits per heavy atom. The van der Waals surface area contributed by atoms with E-state index in [1.807, 2.05) is 44.2 Å².